The topological polar surface area (TPSA) is 12.5 Å². The van der Waals surface area contributed by atoms with Crippen LogP contribution in [0.3, 0.4) is 0 Å². The molecule has 1 unspecified atom stereocenters. The van der Waals surface area contributed by atoms with Crippen LogP contribution in [0, 0.1) is 0 Å². The van der Waals surface area contributed by atoms with Crippen molar-refractivity contribution >= 4 is 0 Å². The van der Waals surface area contributed by atoms with Crippen molar-refractivity contribution in [3.8, 4) is 5.75 Å². The Balaban J connectivity index is 2.47. The Hall–Kier alpha value is -1.02. The zero-order valence-electron chi connectivity index (χ0n) is 13.0. The van der Waals surface area contributed by atoms with E-state index in [1.165, 1.54) is 18.4 Å². The number of nitrogens with zero attached hydrogens (tertiary/aromatic N) is 1. The highest BCUT2D eigenvalue weighted by Crippen LogP contribution is 2.18. The van der Waals surface area contributed by atoms with Crippen molar-refractivity contribution in [1.82, 2.24) is 4.90 Å². The number of rotatable bonds is 9. The summed E-state index contributed by atoms with van der Waals surface area (Å²) >= 11 is 0. The second kappa shape index (κ2) is 8.98. The van der Waals surface area contributed by atoms with Gasteiger partial charge in [0.05, 0.1) is 0 Å². The van der Waals surface area contributed by atoms with Crippen LogP contribution in [0.15, 0.2) is 24.3 Å². The second-order valence-electron chi connectivity index (χ2n) is 5.10. The predicted octanol–water partition coefficient (Wildman–Crippen LogP) is 4.14. The fourth-order valence-electron chi connectivity index (χ4n) is 2.31. The molecule has 1 aromatic carbocycles. The maximum Gasteiger partial charge on any atom is 0.122 e. The molecule has 0 aliphatic carbocycles. The molecule has 1 atom stereocenters. The fourth-order valence-corrected chi connectivity index (χ4v) is 2.31. The molecule has 108 valence electrons. The third-order valence-electron chi connectivity index (χ3n) is 3.71. The Bertz CT molecular complexity index is 351. The number of aryl methyl sites for hydroxylation is 1. The number of para-hydroxylation sites is 1. The summed E-state index contributed by atoms with van der Waals surface area (Å²) in [5, 5.41) is 0. The third kappa shape index (κ3) is 5.23. The molecule has 2 nitrogen and oxygen atoms in total. The van der Waals surface area contributed by atoms with Gasteiger partial charge >= 0.3 is 0 Å². The van der Waals surface area contributed by atoms with Crippen molar-refractivity contribution in [2.45, 2.75) is 53.0 Å². The first-order valence-corrected chi connectivity index (χ1v) is 7.67. The van der Waals surface area contributed by atoms with Gasteiger partial charge in [0.15, 0.2) is 0 Å². The minimum Gasteiger partial charge on any atom is -0.492 e. The van der Waals surface area contributed by atoms with Crippen molar-refractivity contribution in [3.63, 3.8) is 0 Å². The van der Waals surface area contributed by atoms with Gasteiger partial charge in [0.2, 0.25) is 0 Å². The van der Waals surface area contributed by atoms with Crippen LogP contribution in [0.2, 0.25) is 0 Å². The van der Waals surface area contributed by atoms with Gasteiger partial charge in [0.25, 0.3) is 0 Å². The summed E-state index contributed by atoms with van der Waals surface area (Å²) < 4.78 is 5.96. The van der Waals surface area contributed by atoms with Crippen molar-refractivity contribution in [1.29, 1.82) is 0 Å². The van der Waals surface area contributed by atoms with E-state index in [-0.39, 0.29) is 0 Å². The molecule has 0 aliphatic heterocycles. The molecule has 1 aromatic rings. The molecule has 0 bridgehead atoms. The van der Waals surface area contributed by atoms with Crippen LogP contribution < -0.4 is 4.74 Å². The predicted molar refractivity (Wildman–Crippen MR) is 82.9 cm³/mol. The fraction of sp³-hybridized carbons (Fsp3) is 0.647. The van der Waals surface area contributed by atoms with Gasteiger partial charge in [-0.15, -0.1) is 0 Å². The van der Waals surface area contributed by atoms with E-state index >= 15 is 0 Å². The van der Waals surface area contributed by atoms with Crippen LogP contribution in [0.1, 0.15) is 46.1 Å². The van der Waals surface area contributed by atoms with Gasteiger partial charge in [-0.2, -0.15) is 0 Å². The van der Waals surface area contributed by atoms with Crippen LogP contribution in [0.25, 0.3) is 0 Å². The highest BCUT2D eigenvalue weighted by molar-refractivity contribution is 5.33. The molecule has 19 heavy (non-hydrogen) atoms. The monoisotopic (exact) mass is 263 g/mol. The Kier molecular flexibility index (Phi) is 7.57. The number of hydrogen-bond donors (Lipinski definition) is 0. The molecule has 1 rings (SSSR count). The largest absolute Gasteiger partial charge is 0.492 e. The molecule has 0 saturated carbocycles. The van der Waals surface area contributed by atoms with Crippen molar-refractivity contribution < 1.29 is 4.74 Å². The minimum absolute atomic E-state index is 0.643. The maximum absolute atomic E-state index is 5.96. The summed E-state index contributed by atoms with van der Waals surface area (Å²) in [7, 11) is 0. The van der Waals surface area contributed by atoms with Gasteiger partial charge in [-0.25, -0.2) is 0 Å². The number of hydrogen-bond acceptors (Lipinski definition) is 2. The lowest BCUT2D eigenvalue weighted by molar-refractivity contribution is 0.164. The summed E-state index contributed by atoms with van der Waals surface area (Å²) in [5.74, 6) is 1.05. The first kappa shape index (κ1) is 16.0. The molecule has 2 heteroatoms. The number of ether oxygens (including phenoxy) is 1. The smallest absolute Gasteiger partial charge is 0.122 e. The SMILES string of the molecule is CCCN(CCOc1ccccc1CC)C(C)CC. The van der Waals surface area contributed by atoms with Gasteiger partial charge in [-0.05, 0) is 44.4 Å². The zero-order valence-corrected chi connectivity index (χ0v) is 13.0. The van der Waals surface area contributed by atoms with Gasteiger partial charge in [-0.1, -0.05) is 39.0 Å². The van der Waals surface area contributed by atoms with Crippen molar-refractivity contribution in [2.24, 2.45) is 0 Å². The Morgan fingerprint density at radius 1 is 1.11 bits per heavy atom. The van der Waals surface area contributed by atoms with Crippen LogP contribution >= 0.6 is 0 Å². The normalized spacial score (nSPS) is 12.7. The highest BCUT2D eigenvalue weighted by atomic mass is 16.5. The van der Waals surface area contributed by atoms with E-state index in [0.717, 1.165) is 31.9 Å². The average molecular weight is 263 g/mol. The second-order valence-corrected chi connectivity index (χ2v) is 5.10. The van der Waals surface area contributed by atoms with E-state index in [9.17, 15) is 0 Å². The first-order chi connectivity index (χ1) is 9.22. The zero-order chi connectivity index (χ0) is 14.1. The van der Waals surface area contributed by atoms with Gasteiger partial charge < -0.3 is 4.74 Å². The van der Waals surface area contributed by atoms with E-state index in [1.807, 2.05) is 6.07 Å². The summed E-state index contributed by atoms with van der Waals surface area (Å²) in [5.41, 5.74) is 1.30. The van der Waals surface area contributed by atoms with E-state index in [1.54, 1.807) is 0 Å². The number of benzene rings is 1. The molecular formula is C17H29NO. The van der Waals surface area contributed by atoms with Gasteiger partial charge in [0.1, 0.15) is 12.4 Å². The third-order valence-corrected chi connectivity index (χ3v) is 3.71. The quantitative estimate of drug-likeness (QED) is 0.664. The van der Waals surface area contributed by atoms with E-state index in [2.05, 4.69) is 50.8 Å². The molecule has 0 radical (unpaired) electrons. The Morgan fingerprint density at radius 2 is 1.84 bits per heavy atom. The highest BCUT2D eigenvalue weighted by Gasteiger charge is 2.11. The maximum atomic E-state index is 5.96. The van der Waals surface area contributed by atoms with Crippen LogP contribution in [0.4, 0.5) is 0 Å². The lowest BCUT2D eigenvalue weighted by Gasteiger charge is -2.28. The Labute approximate surface area is 118 Å². The molecule has 0 saturated heterocycles. The lowest BCUT2D eigenvalue weighted by Crippen LogP contribution is -2.36. The molecule has 0 aromatic heterocycles. The molecule has 0 fully saturated rings. The molecule has 0 aliphatic rings. The van der Waals surface area contributed by atoms with Gasteiger partial charge in [0, 0.05) is 12.6 Å². The van der Waals surface area contributed by atoms with Crippen LogP contribution in [-0.2, 0) is 6.42 Å². The summed E-state index contributed by atoms with van der Waals surface area (Å²) in [6.45, 7) is 11.9. The summed E-state index contributed by atoms with van der Waals surface area (Å²) in [6.07, 6.45) is 3.43. The van der Waals surface area contributed by atoms with E-state index in [0.29, 0.717) is 6.04 Å². The van der Waals surface area contributed by atoms with Gasteiger partial charge in [-0.3, -0.25) is 4.90 Å². The molecule has 0 spiro atoms. The minimum atomic E-state index is 0.643. The van der Waals surface area contributed by atoms with E-state index < -0.39 is 0 Å². The van der Waals surface area contributed by atoms with Crippen molar-refractivity contribution in [2.75, 3.05) is 19.7 Å². The van der Waals surface area contributed by atoms with E-state index in [4.69, 9.17) is 4.74 Å². The van der Waals surface area contributed by atoms with Crippen LogP contribution in [0.5, 0.6) is 5.75 Å². The standard InChI is InChI=1S/C17H29NO/c1-5-12-18(15(4)6-2)13-14-19-17-11-9-8-10-16(17)7-3/h8-11,15H,5-7,12-14H2,1-4H3. The molecule has 0 amide bonds. The first-order valence-electron chi connectivity index (χ1n) is 7.67. The average Bonchev–Trinajstić information content (AvgIpc) is 2.46. The summed E-state index contributed by atoms with van der Waals surface area (Å²) in [4.78, 5) is 2.52. The molecule has 0 heterocycles. The summed E-state index contributed by atoms with van der Waals surface area (Å²) in [6, 6.07) is 8.99. The molecule has 0 N–H and O–H groups in total. The van der Waals surface area contributed by atoms with Crippen LogP contribution in [-0.4, -0.2) is 30.6 Å². The lowest BCUT2D eigenvalue weighted by atomic mass is 10.1. The Morgan fingerprint density at radius 3 is 2.47 bits per heavy atom. The van der Waals surface area contributed by atoms with Crippen molar-refractivity contribution in [3.05, 3.63) is 29.8 Å². The molecular weight excluding hydrogens is 234 g/mol.